The van der Waals surface area contributed by atoms with Crippen LogP contribution in [0.5, 0.6) is 5.75 Å². The van der Waals surface area contributed by atoms with Gasteiger partial charge in [0.1, 0.15) is 16.5 Å². The molecule has 0 radical (unpaired) electrons. The number of nitrogens with one attached hydrogen (secondary N) is 1. The van der Waals surface area contributed by atoms with Crippen LogP contribution in [0.2, 0.25) is 5.02 Å². The molecule has 2 aromatic heterocycles. The summed E-state index contributed by atoms with van der Waals surface area (Å²) >= 11 is 8.88. The van der Waals surface area contributed by atoms with E-state index in [9.17, 15) is 12.8 Å². The minimum atomic E-state index is -4.01. The maximum Gasteiger partial charge on any atom is 0.265 e. The van der Waals surface area contributed by atoms with Crippen molar-refractivity contribution < 1.29 is 17.5 Å². The highest BCUT2D eigenvalue weighted by Gasteiger charge is 2.22. The molecule has 2 heterocycles. The van der Waals surface area contributed by atoms with Crippen LogP contribution in [0.25, 0.3) is 5.52 Å². The topological polar surface area (TPSA) is 72.7 Å². The fraction of sp³-hybridized carbons (Fsp3) is 0.0714. The number of anilines is 1. The molecule has 0 bridgehead atoms. The predicted molar refractivity (Wildman–Crippen MR) is 91.7 cm³/mol. The van der Waals surface area contributed by atoms with Crippen molar-refractivity contribution in [2.24, 2.45) is 0 Å². The van der Waals surface area contributed by atoms with Gasteiger partial charge in [-0.25, -0.2) is 17.3 Å². The Balaban J connectivity index is 2.07. The van der Waals surface area contributed by atoms with Gasteiger partial charge in [-0.15, -0.1) is 0 Å². The van der Waals surface area contributed by atoms with Crippen molar-refractivity contribution in [3.63, 3.8) is 0 Å². The monoisotopic (exact) mass is 433 g/mol. The molecule has 0 aliphatic heterocycles. The molecule has 0 spiro atoms. The van der Waals surface area contributed by atoms with Crippen LogP contribution in [0.4, 0.5) is 10.1 Å². The summed E-state index contributed by atoms with van der Waals surface area (Å²) in [5.74, 6) is -0.452. The molecule has 0 atom stereocenters. The van der Waals surface area contributed by atoms with Crippen molar-refractivity contribution in [2.45, 2.75) is 4.90 Å². The van der Waals surface area contributed by atoms with E-state index in [1.54, 1.807) is 6.07 Å². The minimum Gasteiger partial charge on any atom is -0.495 e. The fourth-order valence-electron chi connectivity index (χ4n) is 2.12. The molecule has 0 unspecified atom stereocenters. The van der Waals surface area contributed by atoms with Crippen molar-refractivity contribution in [3.8, 4) is 5.75 Å². The molecule has 0 saturated heterocycles. The lowest BCUT2D eigenvalue weighted by Gasteiger charge is -2.12. The summed E-state index contributed by atoms with van der Waals surface area (Å²) in [5.41, 5.74) is 0.315. The van der Waals surface area contributed by atoms with Gasteiger partial charge in [-0.2, -0.15) is 5.10 Å². The van der Waals surface area contributed by atoms with Gasteiger partial charge in [0, 0.05) is 12.3 Å². The summed E-state index contributed by atoms with van der Waals surface area (Å²) in [4.78, 5) is -0.0652. The van der Waals surface area contributed by atoms with Crippen LogP contribution < -0.4 is 9.46 Å². The largest absolute Gasteiger partial charge is 0.495 e. The zero-order chi connectivity index (χ0) is 17.5. The molecule has 126 valence electrons. The Morgan fingerprint density at radius 3 is 2.83 bits per heavy atom. The number of ether oxygens (including phenoxy) is 1. The van der Waals surface area contributed by atoms with Crippen molar-refractivity contribution in [1.29, 1.82) is 0 Å². The second-order valence-corrected chi connectivity index (χ2v) is 7.70. The zero-order valence-corrected chi connectivity index (χ0v) is 15.3. The highest BCUT2D eigenvalue weighted by atomic mass is 79.9. The number of methoxy groups -OCH3 is 1. The second-order valence-electron chi connectivity index (χ2n) is 4.76. The third-order valence-electron chi connectivity index (χ3n) is 3.22. The summed E-state index contributed by atoms with van der Waals surface area (Å²) in [6.45, 7) is 0. The van der Waals surface area contributed by atoms with Crippen LogP contribution in [-0.2, 0) is 10.0 Å². The Kier molecular flexibility index (Phi) is 4.41. The standard InChI is InChI=1S/C14H10BrClFN3O3S/c1-23-13-4-9(15)10(17)5-11(13)19-24(21,22)14-6-18-20-7-8(16)2-3-12(14)20/h2-7,19H,1H3. The van der Waals surface area contributed by atoms with E-state index in [0.717, 1.165) is 6.07 Å². The summed E-state index contributed by atoms with van der Waals surface area (Å²) in [7, 11) is -2.65. The quantitative estimate of drug-likeness (QED) is 0.679. The van der Waals surface area contributed by atoms with Crippen LogP contribution in [-0.4, -0.2) is 25.1 Å². The summed E-state index contributed by atoms with van der Waals surface area (Å²) in [6.07, 6.45) is 2.67. The molecule has 1 N–H and O–H groups in total. The van der Waals surface area contributed by atoms with Crippen molar-refractivity contribution in [3.05, 3.63) is 52.0 Å². The summed E-state index contributed by atoms with van der Waals surface area (Å²) in [5, 5.41) is 4.38. The maximum atomic E-state index is 13.7. The summed E-state index contributed by atoms with van der Waals surface area (Å²) < 4.78 is 47.9. The Morgan fingerprint density at radius 1 is 1.38 bits per heavy atom. The van der Waals surface area contributed by atoms with Crippen molar-refractivity contribution in [2.75, 3.05) is 11.8 Å². The number of nitrogens with zero attached hydrogens (tertiary/aromatic N) is 2. The Morgan fingerprint density at radius 2 is 2.12 bits per heavy atom. The molecule has 0 aliphatic carbocycles. The molecule has 1 aromatic carbocycles. The highest BCUT2D eigenvalue weighted by molar-refractivity contribution is 9.10. The SMILES string of the molecule is COc1cc(Br)c(F)cc1NS(=O)(=O)c1cnn2cc(Cl)ccc12. The third kappa shape index (κ3) is 3.06. The van der Waals surface area contributed by atoms with Crippen LogP contribution in [0.1, 0.15) is 0 Å². The molecular weight excluding hydrogens is 425 g/mol. The average molecular weight is 435 g/mol. The number of fused-ring (bicyclic) bond motifs is 1. The number of pyridine rings is 1. The fourth-order valence-corrected chi connectivity index (χ4v) is 3.78. The van der Waals surface area contributed by atoms with Gasteiger partial charge in [-0.05, 0) is 34.1 Å². The molecule has 3 aromatic rings. The lowest BCUT2D eigenvalue weighted by molar-refractivity contribution is 0.415. The number of sulfonamides is 1. The van der Waals surface area contributed by atoms with E-state index >= 15 is 0 Å². The molecule has 0 fully saturated rings. The molecule has 0 saturated carbocycles. The Bertz CT molecular complexity index is 1040. The lowest BCUT2D eigenvalue weighted by Crippen LogP contribution is -2.13. The van der Waals surface area contributed by atoms with Gasteiger partial charge < -0.3 is 4.74 Å². The second kappa shape index (κ2) is 6.23. The molecule has 24 heavy (non-hydrogen) atoms. The normalized spacial score (nSPS) is 11.7. The van der Waals surface area contributed by atoms with E-state index in [2.05, 4.69) is 25.8 Å². The number of hydrogen-bond donors (Lipinski definition) is 1. The van der Waals surface area contributed by atoms with Crippen LogP contribution in [0.3, 0.4) is 0 Å². The molecule has 3 rings (SSSR count). The first-order valence-electron chi connectivity index (χ1n) is 6.50. The number of benzene rings is 1. The molecule has 0 aliphatic rings. The van der Waals surface area contributed by atoms with Crippen molar-refractivity contribution >= 4 is 48.8 Å². The number of halogens is 3. The van der Waals surface area contributed by atoms with Gasteiger partial charge in [-0.3, -0.25) is 4.72 Å². The van der Waals surface area contributed by atoms with E-state index in [1.165, 1.54) is 36.2 Å². The van der Waals surface area contributed by atoms with Crippen LogP contribution >= 0.6 is 27.5 Å². The number of aromatic nitrogens is 2. The number of hydrogen-bond acceptors (Lipinski definition) is 4. The first-order valence-corrected chi connectivity index (χ1v) is 9.16. The van der Waals surface area contributed by atoms with Crippen molar-refractivity contribution in [1.82, 2.24) is 9.61 Å². The van der Waals surface area contributed by atoms with E-state index in [1.807, 2.05) is 0 Å². The van der Waals surface area contributed by atoms with Gasteiger partial charge in [-0.1, -0.05) is 11.6 Å². The predicted octanol–water partition coefficient (Wildman–Crippen LogP) is 3.70. The molecule has 6 nitrogen and oxygen atoms in total. The minimum absolute atomic E-state index is 0.0217. The van der Waals surface area contributed by atoms with Gasteiger partial charge in [0.05, 0.1) is 34.0 Å². The third-order valence-corrected chi connectivity index (χ3v) is 5.43. The highest BCUT2D eigenvalue weighted by Crippen LogP contribution is 2.32. The number of rotatable bonds is 4. The molecule has 10 heteroatoms. The van der Waals surface area contributed by atoms with Gasteiger partial charge >= 0.3 is 0 Å². The van der Waals surface area contributed by atoms with Crippen LogP contribution in [0, 0.1) is 5.82 Å². The van der Waals surface area contributed by atoms with E-state index < -0.39 is 15.8 Å². The average Bonchev–Trinajstić information content (AvgIpc) is 2.94. The smallest absolute Gasteiger partial charge is 0.265 e. The molecular formula is C14H10BrClFN3O3S. The van der Waals surface area contributed by atoms with E-state index in [0.29, 0.717) is 10.5 Å². The van der Waals surface area contributed by atoms with Gasteiger partial charge in [0.25, 0.3) is 10.0 Å². The first-order chi connectivity index (χ1) is 11.3. The van der Waals surface area contributed by atoms with Gasteiger partial charge in [0.15, 0.2) is 0 Å². The molecule has 0 amide bonds. The van der Waals surface area contributed by atoms with Crippen LogP contribution in [0.15, 0.2) is 46.0 Å². The first kappa shape index (κ1) is 17.0. The summed E-state index contributed by atoms with van der Waals surface area (Å²) in [6, 6.07) is 5.45. The lowest BCUT2D eigenvalue weighted by atomic mass is 10.3. The Hall–Kier alpha value is -1.84. The van der Waals surface area contributed by atoms with E-state index in [4.69, 9.17) is 16.3 Å². The zero-order valence-electron chi connectivity index (χ0n) is 12.1. The van der Waals surface area contributed by atoms with Gasteiger partial charge in [0.2, 0.25) is 0 Å². The Labute approximate surface area is 150 Å². The van der Waals surface area contributed by atoms with E-state index in [-0.39, 0.29) is 20.8 Å². The maximum absolute atomic E-state index is 13.7.